The fourth-order valence-electron chi connectivity index (χ4n) is 0.627. The zero-order valence-corrected chi connectivity index (χ0v) is 13.9. The Morgan fingerprint density at radius 1 is 0.667 bits per heavy atom. The van der Waals surface area contributed by atoms with Crippen molar-refractivity contribution in [1.29, 1.82) is 0 Å². The van der Waals surface area contributed by atoms with E-state index in [0.717, 1.165) is 0 Å². The van der Waals surface area contributed by atoms with Crippen molar-refractivity contribution in [3.8, 4) is 0 Å². The second-order valence-electron chi connectivity index (χ2n) is 2.98. The second kappa shape index (κ2) is 31.9. The van der Waals surface area contributed by atoms with Gasteiger partial charge in [0.05, 0.1) is 14.2 Å². The Morgan fingerprint density at radius 3 is 1.08 bits per heavy atom. The predicted molar refractivity (Wildman–Crippen MR) is 82.0 cm³/mol. The molecule has 0 aromatic rings. The number of allylic oxidation sites excluding steroid dienone is 6. The first-order valence-corrected chi connectivity index (χ1v) is 6.18. The van der Waals surface area contributed by atoms with E-state index in [9.17, 15) is 9.59 Å². The minimum Gasteiger partial charge on any atom is -0.466 e. The summed E-state index contributed by atoms with van der Waals surface area (Å²) in [5.74, 6) is -0.652. The molecule has 0 bridgehead atoms. The van der Waals surface area contributed by atoms with Gasteiger partial charge in [0.1, 0.15) is 0 Å². The van der Waals surface area contributed by atoms with E-state index in [0.29, 0.717) is 0 Å². The molecule has 0 radical (unpaired) electrons. The fraction of sp³-hybridized carbons (Fsp3) is 0.250. The molecule has 0 atom stereocenters. The summed E-state index contributed by atoms with van der Waals surface area (Å²) < 4.78 is 8.67. The molecule has 24 heavy (non-hydrogen) atoms. The highest BCUT2D eigenvalue weighted by atomic mass is 16.5. The highest BCUT2D eigenvalue weighted by molar-refractivity contribution is 5.82. The number of carbonyl (C=O) groups is 2. The average Bonchev–Trinajstić information content (AvgIpc) is 2.57. The molecule has 8 nitrogen and oxygen atoms in total. The van der Waals surface area contributed by atoms with E-state index in [1.165, 1.54) is 26.4 Å². The van der Waals surface area contributed by atoms with Crippen molar-refractivity contribution in [2.45, 2.75) is 13.8 Å². The number of esters is 2. The van der Waals surface area contributed by atoms with Gasteiger partial charge >= 0.3 is 24.2 Å². The molecule has 0 heterocycles. The SMILES string of the molecule is C/C=C/C=C/C(=O)OC.C/C=C\C=C/C(=O)OC.O=C=O.O=C=O. The Morgan fingerprint density at radius 2 is 0.917 bits per heavy atom. The number of hydrogen-bond donors (Lipinski definition) is 0. The van der Waals surface area contributed by atoms with Gasteiger partial charge in [-0.05, 0) is 13.8 Å². The van der Waals surface area contributed by atoms with E-state index in [1.54, 1.807) is 24.3 Å². The van der Waals surface area contributed by atoms with Gasteiger partial charge in [-0.1, -0.05) is 36.5 Å². The van der Waals surface area contributed by atoms with Gasteiger partial charge in [0.25, 0.3) is 0 Å². The first-order valence-electron chi connectivity index (χ1n) is 6.18. The molecule has 0 saturated heterocycles. The number of hydrogen-bond acceptors (Lipinski definition) is 8. The summed E-state index contributed by atoms with van der Waals surface area (Å²) in [5.41, 5.74) is 0. The summed E-state index contributed by atoms with van der Waals surface area (Å²) in [6, 6.07) is 0. The van der Waals surface area contributed by atoms with Crippen molar-refractivity contribution in [1.82, 2.24) is 0 Å². The summed E-state index contributed by atoms with van der Waals surface area (Å²) in [7, 11) is 2.70. The van der Waals surface area contributed by atoms with Crippen LogP contribution in [0.25, 0.3) is 0 Å². The van der Waals surface area contributed by atoms with Crippen LogP contribution in [0, 0.1) is 0 Å². The largest absolute Gasteiger partial charge is 0.466 e. The quantitative estimate of drug-likeness (QED) is 0.428. The topological polar surface area (TPSA) is 121 Å². The number of carbonyl (C=O) groups excluding carboxylic acids is 6. The maximum absolute atomic E-state index is 10.3. The maximum Gasteiger partial charge on any atom is 0.373 e. The summed E-state index contributed by atoms with van der Waals surface area (Å²) in [5, 5.41) is 0. The van der Waals surface area contributed by atoms with E-state index >= 15 is 0 Å². The van der Waals surface area contributed by atoms with E-state index < -0.39 is 0 Å². The standard InChI is InChI=1S/2C7H10O2.2CO2/c2*1-3-4-5-6-7(8)9-2;2*2-1-3/h2*3-6H,1-2H3;;/b4-3+,6-5+;4-3-,6-5-;;. The minimum absolute atomic E-state index is 0.250. The smallest absolute Gasteiger partial charge is 0.373 e. The molecule has 0 aliphatic rings. The lowest BCUT2D eigenvalue weighted by atomic mass is 10.4. The van der Waals surface area contributed by atoms with Crippen LogP contribution in [0.2, 0.25) is 0 Å². The molecule has 0 aliphatic carbocycles. The first-order chi connectivity index (χ1) is 11.4. The molecular weight excluding hydrogens is 320 g/mol. The van der Waals surface area contributed by atoms with Gasteiger partial charge in [0.15, 0.2) is 0 Å². The van der Waals surface area contributed by atoms with Crippen molar-refractivity contribution in [3.05, 3.63) is 48.6 Å². The van der Waals surface area contributed by atoms with Gasteiger partial charge < -0.3 is 9.47 Å². The van der Waals surface area contributed by atoms with E-state index in [4.69, 9.17) is 19.2 Å². The molecule has 0 spiro atoms. The Hall–Kier alpha value is -3.34. The summed E-state index contributed by atoms with van der Waals surface area (Å²) in [4.78, 5) is 53.2. The van der Waals surface area contributed by atoms with E-state index in [2.05, 4.69) is 9.47 Å². The van der Waals surface area contributed by atoms with Crippen LogP contribution in [0.15, 0.2) is 48.6 Å². The predicted octanol–water partition coefficient (Wildman–Crippen LogP) is 1.42. The lowest BCUT2D eigenvalue weighted by molar-refractivity contribution is -0.193. The molecule has 0 N–H and O–H groups in total. The molecule has 132 valence electrons. The van der Waals surface area contributed by atoms with Crippen molar-refractivity contribution in [2.75, 3.05) is 14.2 Å². The van der Waals surface area contributed by atoms with Crippen LogP contribution < -0.4 is 0 Å². The normalized spacial score (nSPS) is 8.83. The Bertz CT molecular complexity index is 440. The van der Waals surface area contributed by atoms with Crippen molar-refractivity contribution in [2.24, 2.45) is 0 Å². The highest BCUT2D eigenvalue weighted by Gasteiger charge is 1.85. The average molecular weight is 340 g/mol. The van der Waals surface area contributed by atoms with E-state index in [-0.39, 0.29) is 24.2 Å². The molecule has 0 aromatic heterocycles. The number of ether oxygens (including phenoxy) is 2. The Kier molecular flexibility index (Phi) is 38.2. The Balaban J connectivity index is -0.000000126. The van der Waals surface area contributed by atoms with Crippen LogP contribution in [-0.2, 0) is 38.2 Å². The molecule has 0 saturated carbocycles. The summed E-state index contributed by atoms with van der Waals surface area (Å²) in [6.45, 7) is 3.75. The van der Waals surface area contributed by atoms with Crippen molar-refractivity contribution >= 4 is 24.2 Å². The second-order valence-corrected chi connectivity index (χ2v) is 2.98. The van der Waals surface area contributed by atoms with E-state index in [1.807, 2.05) is 26.0 Å². The third kappa shape index (κ3) is 51.2. The van der Waals surface area contributed by atoms with Gasteiger partial charge in [-0.3, -0.25) is 0 Å². The highest BCUT2D eigenvalue weighted by Crippen LogP contribution is 1.79. The van der Waals surface area contributed by atoms with Crippen LogP contribution in [0.1, 0.15) is 13.8 Å². The Labute approximate surface area is 140 Å². The van der Waals surface area contributed by atoms with Gasteiger partial charge in [0.2, 0.25) is 0 Å². The van der Waals surface area contributed by atoms with Crippen LogP contribution in [0.3, 0.4) is 0 Å². The molecule has 0 fully saturated rings. The monoisotopic (exact) mass is 340 g/mol. The summed E-state index contributed by atoms with van der Waals surface area (Å²) >= 11 is 0. The number of rotatable bonds is 4. The molecule has 0 rings (SSSR count). The van der Waals surface area contributed by atoms with Crippen LogP contribution in [-0.4, -0.2) is 38.5 Å². The lowest BCUT2D eigenvalue weighted by Crippen LogP contribution is -1.92. The molecule has 0 unspecified atom stereocenters. The zero-order valence-electron chi connectivity index (χ0n) is 13.9. The fourth-order valence-corrected chi connectivity index (χ4v) is 0.627. The van der Waals surface area contributed by atoms with Gasteiger partial charge in [-0.2, -0.15) is 19.2 Å². The molecular formula is C16H20O8. The van der Waals surface area contributed by atoms with Gasteiger partial charge in [0, 0.05) is 12.2 Å². The van der Waals surface area contributed by atoms with Gasteiger partial charge in [-0.15, -0.1) is 0 Å². The van der Waals surface area contributed by atoms with Crippen molar-refractivity contribution in [3.63, 3.8) is 0 Å². The summed E-state index contributed by atoms with van der Waals surface area (Å²) in [6.07, 6.45) is 13.7. The maximum atomic E-state index is 10.3. The lowest BCUT2D eigenvalue weighted by Gasteiger charge is -1.85. The molecule has 0 aromatic carbocycles. The molecule has 0 aliphatic heterocycles. The molecule has 8 heteroatoms. The van der Waals surface area contributed by atoms with Crippen LogP contribution >= 0.6 is 0 Å². The zero-order chi connectivity index (χ0) is 19.6. The third-order valence-electron chi connectivity index (χ3n) is 1.47. The number of methoxy groups -OCH3 is 2. The van der Waals surface area contributed by atoms with Crippen LogP contribution in [0.4, 0.5) is 0 Å². The minimum atomic E-state index is -0.326. The van der Waals surface area contributed by atoms with Crippen molar-refractivity contribution < 1.29 is 38.2 Å². The third-order valence-corrected chi connectivity index (χ3v) is 1.47. The van der Waals surface area contributed by atoms with Gasteiger partial charge in [-0.25, -0.2) is 9.59 Å². The molecule has 0 amide bonds. The van der Waals surface area contributed by atoms with Crippen LogP contribution in [0.5, 0.6) is 0 Å². The first kappa shape index (κ1) is 28.8.